The molecule has 0 aromatic carbocycles. The number of likely N-dealkylation sites (N-methyl/N-ethyl adjacent to an activating group) is 1. The van der Waals surface area contributed by atoms with Gasteiger partial charge < -0.3 is 4.90 Å². The van der Waals surface area contributed by atoms with E-state index < -0.39 is 0 Å². The minimum atomic E-state index is 0.170. The Kier molecular flexibility index (Phi) is 5.65. The molecular formula is C15H26BrN3S. The van der Waals surface area contributed by atoms with Crippen LogP contribution >= 0.6 is 27.3 Å². The lowest BCUT2D eigenvalue weighted by molar-refractivity contribution is 0.0376. The molecule has 0 spiro atoms. The Balaban J connectivity index is 2.20. The van der Waals surface area contributed by atoms with Crippen molar-refractivity contribution in [2.75, 3.05) is 14.1 Å². The van der Waals surface area contributed by atoms with Gasteiger partial charge in [-0.3, -0.25) is 11.3 Å². The molecule has 1 saturated carbocycles. The van der Waals surface area contributed by atoms with Crippen LogP contribution in [-0.2, 0) is 6.42 Å². The highest BCUT2D eigenvalue weighted by Crippen LogP contribution is 2.39. The summed E-state index contributed by atoms with van der Waals surface area (Å²) < 4.78 is 1.19. The van der Waals surface area contributed by atoms with E-state index in [1.54, 1.807) is 0 Å². The van der Waals surface area contributed by atoms with Gasteiger partial charge in [-0.2, -0.15) is 0 Å². The molecule has 1 aromatic rings. The minimum Gasteiger partial charge on any atom is -0.302 e. The second-order valence-corrected chi connectivity index (χ2v) is 8.88. The van der Waals surface area contributed by atoms with Crippen LogP contribution in [0.4, 0.5) is 0 Å². The van der Waals surface area contributed by atoms with Gasteiger partial charge in [-0.15, -0.1) is 11.3 Å². The van der Waals surface area contributed by atoms with Gasteiger partial charge in [-0.05, 0) is 60.9 Å². The predicted octanol–water partition coefficient (Wildman–Crippen LogP) is 3.40. The third kappa shape index (κ3) is 3.45. The van der Waals surface area contributed by atoms with Gasteiger partial charge in [0.1, 0.15) is 0 Å². The van der Waals surface area contributed by atoms with E-state index >= 15 is 0 Å². The number of rotatable bonds is 5. The molecule has 0 radical (unpaired) electrons. The molecule has 3 unspecified atom stereocenters. The lowest BCUT2D eigenvalue weighted by Crippen LogP contribution is -2.63. The number of hydrogen-bond donors (Lipinski definition) is 2. The van der Waals surface area contributed by atoms with Gasteiger partial charge in [-0.1, -0.05) is 19.8 Å². The summed E-state index contributed by atoms with van der Waals surface area (Å²) in [5.41, 5.74) is 3.29. The third-order valence-electron chi connectivity index (χ3n) is 4.78. The predicted molar refractivity (Wildman–Crippen MR) is 90.9 cm³/mol. The first kappa shape index (κ1) is 16.4. The lowest BCUT2D eigenvalue weighted by Gasteiger charge is -2.50. The number of halogens is 1. The Morgan fingerprint density at radius 3 is 2.80 bits per heavy atom. The molecule has 3 nitrogen and oxygen atoms in total. The molecule has 20 heavy (non-hydrogen) atoms. The van der Waals surface area contributed by atoms with Gasteiger partial charge in [0.15, 0.2) is 0 Å². The third-order valence-corrected chi connectivity index (χ3v) is 6.43. The Bertz CT molecular complexity index is 435. The molecule has 2 rings (SSSR count). The van der Waals surface area contributed by atoms with Crippen molar-refractivity contribution in [3.63, 3.8) is 0 Å². The molecular weight excluding hydrogens is 334 g/mol. The summed E-state index contributed by atoms with van der Waals surface area (Å²) in [5.74, 6) is 6.72. The van der Waals surface area contributed by atoms with Gasteiger partial charge in [0, 0.05) is 22.9 Å². The minimum absolute atomic E-state index is 0.170. The Labute approximate surface area is 135 Å². The van der Waals surface area contributed by atoms with E-state index in [-0.39, 0.29) is 5.54 Å². The molecule has 114 valence electrons. The monoisotopic (exact) mass is 359 g/mol. The second-order valence-electron chi connectivity index (χ2n) is 6.33. The maximum absolute atomic E-state index is 5.94. The van der Waals surface area contributed by atoms with Crippen molar-refractivity contribution in [2.45, 2.75) is 50.6 Å². The summed E-state index contributed by atoms with van der Waals surface area (Å²) in [7, 11) is 4.40. The van der Waals surface area contributed by atoms with Crippen LogP contribution in [0, 0.1) is 5.92 Å². The number of nitrogens with one attached hydrogen (secondary N) is 1. The van der Waals surface area contributed by atoms with Crippen molar-refractivity contribution in [2.24, 2.45) is 11.8 Å². The van der Waals surface area contributed by atoms with Crippen LogP contribution in [0.5, 0.6) is 0 Å². The molecule has 0 amide bonds. The van der Waals surface area contributed by atoms with E-state index in [1.165, 1.54) is 34.3 Å². The van der Waals surface area contributed by atoms with E-state index in [9.17, 15) is 0 Å². The molecule has 0 saturated heterocycles. The number of nitrogens with zero attached hydrogens (tertiary/aromatic N) is 1. The van der Waals surface area contributed by atoms with Crippen molar-refractivity contribution in [1.82, 2.24) is 10.3 Å². The van der Waals surface area contributed by atoms with Gasteiger partial charge in [0.2, 0.25) is 0 Å². The van der Waals surface area contributed by atoms with Crippen molar-refractivity contribution in [1.29, 1.82) is 0 Å². The highest BCUT2D eigenvalue weighted by molar-refractivity contribution is 9.11. The highest BCUT2D eigenvalue weighted by Gasteiger charge is 2.43. The lowest BCUT2D eigenvalue weighted by atomic mass is 9.70. The van der Waals surface area contributed by atoms with Crippen molar-refractivity contribution in [3.05, 3.63) is 20.8 Å². The molecule has 5 heteroatoms. The SMILES string of the molecule is CC1CCCC(C(Cc2ccc(Br)s2)NN)(N(C)C)C1. The van der Waals surface area contributed by atoms with E-state index in [2.05, 4.69) is 59.4 Å². The summed E-state index contributed by atoms with van der Waals surface area (Å²) in [6.45, 7) is 2.37. The number of nitrogens with two attached hydrogens (primary N) is 1. The first-order valence-corrected chi connectivity index (χ1v) is 8.96. The first-order valence-electron chi connectivity index (χ1n) is 7.35. The Hall–Kier alpha value is 0.0600. The first-order chi connectivity index (χ1) is 9.48. The van der Waals surface area contributed by atoms with Gasteiger partial charge >= 0.3 is 0 Å². The number of hydrogen-bond acceptors (Lipinski definition) is 4. The van der Waals surface area contributed by atoms with Crippen LogP contribution in [-0.4, -0.2) is 30.6 Å². The van der Waals surface area contributed by atoms with E-state index in [1.807, 2.05) is 11.3 Å². The molecule has 1 aliphatic rings. The average Bonchev–Trinajstić information content (AvgIpc) is 2.81. The Morgan fingerprint density at radius 2 is 2.30 bits per heavy atom. The maximum Gasteiger partial charge on any atom is 0.0701 e. The van der Waals surface area contributed by atoms with Crippen LogP contribution in [0.2, 0.25) is 0 Å². The topological polar surface area (TPSA) is 41.3 Å². The molecule has 1 aromatic heterocycles. The fourth-order valence-electron chi connectivity index (χ4n) is 3.67. The standard InChI is InChI=1S/C15H26BrN3S/c1-11-5-4-8-15(10-11,19(2)3)13(18-17)9-12-6-7-14(16)20-12/h6-7,11,13,18H,4-5,8-10,17H2,1-3H3. The van der Waals surface area contributed by atoms with Crippen LogP contribution in [0.25, 0.3) is 0 Å². The summed E-state index contributed by atoms with van der Waals surface area (Å²) in [5, 5.41) is 0. The van der Waals surface area contributed by atoms with Crippen LogP contribution in [0.1, 0.15) is 37.5 Å². The van der Waals surface area contributed by atoms with Gasteiger partial charge in [0.25, 0.3) is 0 Å². The summed E-state index contributed by atoms with van der Waals surface area (Å²) in [6.07, 6.45) is 6.09. The molecule has 1 fully saturated rings. The quantitative estimate of drug-likeness (QED) is 0.625. The normalized spacial score (nSPS) is 28.8. The summed E-state index contributed by atoms with van der Waals surface area (Å²) >= 11 is 5.36. The van der Waals surface area contributed by atoms with Crippen LogP contribution in [0.15, 0.2) is 15.9 Å². The fourth-order valence-corrected chi connectivity index (χ4v) is 5.19. The van der Waals surface area contributed by atoms with Crippen molar-refractivity contribution >= 4 is 27.3 Å². The zero-order valence-corrected chi connectivity index (χ0v) is 15.1. The van der Waals surface area contributed by atoms with Crippen LogP contribution < -0.4 is 11.3 Å². The largest absolute Gasteiger partial charge is 0.302 e. The van der Waals surface area contributed by atoms with E-state index in [0.717, 1.165) is 12.3 Å². The fraction of sp³-hybridized carbons (Fsp3) is 0.733. The zero-order chi connectivity index (χ0) is 14.8. The number of hydrazine groups is 1. The van der Waals surface area contributed by atoms with Gasteiger partial charge in [-0.25, -0.2) is 0 Å². The molecule has 1 aliphatic carbocycles. The van der Waals surface area contributed by atoms with Crippen molar-refractivity contribution in [3.8, 4) is 0 Å². The average molecular weight is 360 g/mol. The molecule has 1 heterocycles. The highest BCUT2D eigenvalue weighted by atomic mass is 79.9. The smallest absolute Gasteiger partial charge is 0.0701 e. The second kappa shape index (κ2) is 6.88. The Morgan fingerprint density at radius 1 is 1.55 bits per heavy atom. The molecule has 0 aliphatic heterocycles. The maximum atomic E-state index is 5.94. The number of thiophene rings is 1. The molecule has 0 bridgehead atoms. The van der Waals surface area contributed by atoms with Crippen LogP contribution in [0.3, 0.4) is 0 Å². The van der Waals surface area contributed by atoms with E-state index in [0.29, 0.717) is 6.04 Å². The zero-order valence-electron chi connectivity index (χ0n) is 12.7. The van der Waals surface area contributed by atoms with Crippen molar-refractivity contribution < 1.29 is 0 Å². The molecule has 3 N–H and O–H groups in total. The van der Waals surface area contributed by atoms with E-state index in [4.69, 9.17) is 5.84 Å². The summed E-state index contributed by atoms with van der Waals surface area (Å²) in [6, 6.07) is 4.62. The van der Waals surface area contributed by atoms with Gasteiger partial charge in [0.05, 0.1) is 3.79 Å². The molecule has 3 atom stereocenters. The summed E-state index contributed by atoms with van der Waals surface area (Å²) in [4.78, 5) is 3.79.